The molecule has 1 heterocycles. The molecule has 1 aliphatic carbocycles. The lowest BCUT2D eigenvalue weighted by atomic mass is 10.1. The minimum Gasteiger partial charge on any atom is -0.396 e. The van der Waals surface area contributed by atoms with Crippen molar-refractivity contribution in [2.45, 2.75) is 38.8 Å². The summed E-state index contributed by atoms with van der Waals surface area (Å²) in [4.78, 5) is 4.29. The second kappa shape index (κ2) is 4.66. The summed E-state index contributed by atoms with van der Waals surface area (Å²) in [7, 11) is 0. The van der Waals surface area contributed by atoms with Gasteiger partial charge in [0.15, 0.2) is 0 Å². The van der Waals surface area contributed by atoms with Crippen LogP contribution in [0.25, 0.3) is 0 Å². The Hall–Kier alpha value is -1.03. The molecule has 1 saturated carbocycles. The number of imidazole rings is 1. The van der Waals surface area contributed by atoms with Gasteiger partial charge in [-0.25, -0.2) is 4.98 Å². The first-order valence-electron chi connectivity index (χ1n) is 5.73. The summed E-state index contributed by atoms with van der Waals surface area (Å²) >= 11 is 0. The third-order valence-electron chi connectivity index (χ3n) is 3.26. The van der Waals surface area contributed by atoms with Gasteiger partial charge in [0, 0.05) is 37.5 Å². The number of nitrogens with zero attached hydrogens (tertiary/aromatic N) is 2. The van der Waals surface area contributed by atoms with Crippen LogP contribution in [-0.4, -0.2) is 27.3 Å². The van der Waals surface area contributed by atoms with E-state index in [0.29, 0.717) is 12.0 Å². The average Bonchev–Trinajstić information content (AvgIpc) is 2.87. The van der Waals surface area contributed by atoms with Gasteiger partial charge < -0.3 is 15.0 Å². The van der Waals surface area contributed by atoms with Crippen LogP contribution in [0.15, 0.2) is 12.4 Å². The first-order chi connectivity index (χ1) is 7.35. The Labute approximate surface area is 90.3 Å². The van der Waals surface area contributed by atoms with Gasteiger partial charge in [-0.05, 0) is 19.8 Å². The molecule has 0 spiro atoms. The first-order valence-corrected chi connectivity index (χ1v) is 5.73. The molecule has 0 radical (unpaired) electrons. The standard InChI is InChI=1S/C11H19N3O/c1-2-14-7-6-12-11(14)13-10-5-3-4-9(10)8-15/h6-7,9-10,15H,2-5,8H2,1H3,(H,12,13). The van der Waals surface area contributed by atoms with Crippen LogP contribution in [0, 0.1) is 5.92 Å². The van der Waals surface area contributed by atoms with Crippen molar-refractivity contribution in [2.75, 3.05) is 11.9 Å². The second-order valence-electron chi connectivity index (χ2n) is 4.16. The molecular formula is C11H19N3O. The van der Waals surface area contributed by atoms with Gasteiger partial charge in [0.05, 0.1) is 0 Å². The normalized spacial score (nSPS) is 25.7. The van der Waals surface area contributed by atoms with Crippen molar-refractivity contribution in [1.29, 1.82) is 0 Å². The minimum atomic E-state index is 0.282. The Morgan fingerprint density at radius 3 is 3.20 bits per heavy atom. The van der Waals surface area contributed by atoms with Gasteiger partial charge in [0.25, 0.3) is 0 Å². The number of hydrogen-bond acceptors (Lipinski definition) is 3. The number of anilines is 1. The molecule has 1 fully saturated rings. The van der Waals surface area contributed by atoms with Crippen molar-refractivity contribution in [1.82, 2.24) is 9.55 Å². The van der Waals surface area contributed by atoms with E-state index in [9.17, 15) is 5.11 Å². The van der Waals surface area contributed by atoms with Crippen LogP contribution in [0.4, 0.5) is 5.95 Å². The molecule has 0 amide bonds. The van der Waals surface area contributed by atoms with Gasteiger partial charge in [0.1, 0.15) is 0 Å². The zero-order valence-electron chi connectivity index (χ0n) is 9.19. The van der Waals surface area contributed by atoms with Crippen molar-refractivity contribution in [2.24, 2.45) is 5.92 Å². The zero-order chi connectivity index (χ0) is 10.7. The largest absolute Gasteiger partial charge is 0.396 e. The smallest absolute Gasteiger partial charge is 0.202 e. The van der Waals surface area contributed by atoms with Crippen LogP contribution >= 0.6 is 0 Å². The molecule has 1 aromatic rings. The van der Waals surface area contributed by atoms with E-state index < -0.39 is 0 Å². The highest BCUT2D eigenvalue weighted by Gasteiger charge is 2.27. The highest BCUT2D eigenvalue weighted by molar-refractivity contribution is 5.28. The fourth-order valence-electron chi connectivity index (χ4n) is 2.32. The van der Waals surface area contributed by atoms with Crippen LogP contribution < -0.4 is 5.32 Å². The summed E-state index contributed by atoms with van der Waals surface area (Å²) in [5.74, 6) is 1.33. The van der Waals surface area contributed by atoms with Crippen LogP contribution in [0.3, 0.4) is 0 Å². The van der Waals surface area contributed by atoms with E-state index in [4.69, 9.17) is 0 Å². The molecule has 2 N–H and O–H groups in total. The molecule has 0 aliphatic heterocycles. The topological polar surface area (TPSA) is 50.1 Å². The van der Waals surface area contributed by atoms with E-state index in [1.807, 2.05) is 12.4 Å². The van der Waals surface area contributed by atoms with Crippen LogP contribution in [0.5, 0.6) is 0 Å². The third-order valence-corrected chi connectivity index (χ3v) is 3.26. The molecule has 0 aromatic carbocycles. The molecule has 2 atom stereocenters. The molecule has 0 bridgehead atoms. The Bertz CT molecular complexity index is 311. The van der Waals surface area contributed by atoms with Gasteiger partial charge in [-0.2, -0.15) is 0 Å². The number of aromatic nitrogens is 2. The molecular weight excluding hydrogens is 190 g/mol. The number of rotatable bonds is 4. The summed E-state index contributed by atoms with van der Waals surface area (Å²) in [6.07, 6.45) is 7.26. The average molecular weight is 209 g/mol. The molecule has 2 unspecified atom stereocenters. The second-order valence-corrected chi connectivity index (χ2v) is 4.16. The fourth-order valence-corrected chi connectivity index (χ4v) is 2.32. The molecule has 2 rings (SSSR count). The van der Waals surface area contributed by atoms with Crippen LogP contribution in [0.2, 0.25) is 0 Å². The van der Waals surface area contributed by atoms with E-state index in [2.05, 4.69) is 21.8 Å². The third kappa shape index (κ3) is 2.15. The number of aliphatic hydroxyl groups excluding tert-OH is 1. The molecule has 4 heteroatoms. The Morgan fingerprint density at radius 2 is 2.47 bits per heavy atom. The van der Waals surface area contributed by atoms with Gasteiger partial charge in [-0.3, -0.25) is 0 Å². The summed E-state index contributed by atoms with van der Waals surface area (Å²) in [6, 6.07) is 0.391. The summed E-state index contributed by atoms with van der Waals surface area (Å²) in [5.41, 5.74) is 0. The van der Waals surface area contributed by atoms with E-state index in [1.54, 1.807) is 0 Å². The molecule has 4 nitrogen and oxygen atoms in total. The SMILES string of the molecule is CCn1ccnc1NC1CCCC1CO. The van der Waals surface area contributed by atoms with Gasteiger partial charge >= 0.3 is 0 Å². The lowest BCUT2D eigenvalue weighted by molar-refractivity contribution is 0.222. The van der Waals surface area contributed by atoms with Crippen molar-refractivity contribution >= 4 is 5.95 Å². The first kappa shape index (κ1) is 10.5. The molecule has 0 saturated heterocycles. The van der Waals surface area contributed by atoms with E-state index in [0.717, 1.165) is 25.3 Å². The lowest BCUT2D eigenvalue weighted by Crippen LogP contribution is -2.27. The number of aryl methyl sites for hydroxylation is 1. The van der Waals surface area contributed by atoms with E-state index in [-0.39, 0.29) is 6.61 Å². The van der Waals surface area contributed by atoms with Crippen molar-refractivity contribution in [3.63, 3.8) is 0 Å². The molecule has 84 valence electrons. The molecule has 1 aromatic heterocycles. The van der Waals surface area contributed by atoms with E-state index in [1.165, 1.54) is 6.42 Å². The quantitative estimate of drug-likeness (QED) is 0.789. The Kier molecular flexibility index (Phi) is 3.26. The predicted octanol–water partition coefficient (Wildman–Crippen LogP) is 1.48. The highest BCUT2D eigenvalue weighted by Crippen LogP contribution is 2.27. The monoisotopic (exact) mass is 209 g/mol. The van der Waals surface area contributed by atoms with Crippen molar-refractivity contribution in [3.05, 3.63) is 12.4 Å². The lowest BCUT2D eigenvalue weighted by Gasteiger charge is -2.19. The highest BCUT2D eigenvalue weighted by atomic mass is 16.3. The maximum atomic E-state index is 9.22. The van der Waals surface area contributed by atoms with E-state index >= 15 is 0 Å². The summed E-state index contributed by atoms with van der Waals surface area (Å²) < 4.78 is 2.09. The number of hydrogen-bond donors (Lipinski definition) is 2. The van der Waals surface area contributed by atoms with Gasteiger partial charge in [0.2, 0.25) is 5.95 Å². The summed E-state index contributed by atoms with van der Waals surface area (Å²) in [6.45, 7) is 3.31. The Balaban J connectivity index is 2.01. The maximum absolute atomic E-state index is 9.22. The zero-order valence-corrected chi connectivity index (χ0v) is 9.19. The minimum absolute atomic E-state index is 0.282. The molecule has 1 aliphatic rings. The van der Waals surface area contributed by atoms with Crippen molar-refractivity contribution < 1.29 is 5.11 Å². The summed E-state index contributed by atoms with van der Waals surface area (Å²) in [5, 5.41) is 12.7. The number of aliphatic hydroxyl groups is 1. The Morgan fingerprint density at radius 1 is 1.60 bits per heavy atom. The number of nitrogens with one attached hydrogen (secondary N) is 1. The predicted molar refractivity (Wildman–Crippen MR) is 59.7 cm³/mol. The van der Waals surface area contributed by atoms with Crippen molar-refractivity contribution in [3.8, 4) is 0 Å². The fraction of sp³-hybridized carbons (Fsp3) is 0.727. The van der Waals surface area contributed by atoms with Gasteiger partial charge in [-0.15, -0.1) is 0 Å². The van der Waals surface area contributed by atoms with Crippen LogP contribution in [0.1, 0.15) is 26.2 Å². The van der Waals surface area contributed by atoms with Crippen LogP contribution in [-0.2, 0) is 6.54 Å². The molecule has 15 heavy (non-hydrogen) atoms. The van der Waals surface area contributed by atoms with Gasteiger partial charge in [-0.1, -0.05) is 6.42 Å². The maximum Gasteiger partial charge on any atom is 0.202 e.